The van der Waals surface area contributed by atoms with Crippen molar-refractivity contribution in [2.45, 2.75) is 20.0 Å². The Hall–Kier alpha value is -4.22. The average Bonchev–Trinajstić information content (AvgIpc) is 3.52. The average molecular weight is 457 g/mol. The molecular weight excluding hydrogens is 437 g/mol. The molecule has 2 aromatic heterocycles. The zero-order chi connectivity index (χ0) is 23.5. The second-order valence-corrected chi connectivity index (χ2v) is 7.14. The molecule has 0 radical (unpaired) electrons. The molecule has 2 amide bonds. The highest BCUT2D eigenvalue weighted by atomic mass is 19.1. The fourth-order valence-electron chi connectivity index (χ4n) is 3.26. The molecule has 0 bridgehead atoms. The van der Waals surface area contributed by atoms with Crippen LogP contribution in [0.1, 0.15) is 24.5 Å². The van der Waals surface area contributed by atoms with Crippen molar-refractivity contribution in [1.29, 1.82) is 0 Å². The normalized spacial score (nSPS) is 15.4. The Kier molecular flexibility index (Phi) is 6.07. The minimum atomic E-state index is -0.725. The molecule has 1 atom stereocenters. The predicted octanol–water partition coefficient (Wildman–Crippen LogP) is 2.30. The van der Waals surface area contributed by atoms with E-state index in [0.717, 1.165) is 0 Å². The first-order chi connectivity index (χ1) is 15.9. The molecule has 12 heteroatoms. The summed E-state index contributed by atoms with van der Waals surface area (Å²) in [6.45, 7) is 3.57. The van der Waals surface area contributed by atoms with Crippen molar-refractivity contribution < 1.29 is 32.8 Å². The third-order valence-corrected chi connectivity index (χ3v) is 4.80. The van der Waals surface area contributed by atoms with Gasteiger partial charge in [-0.05, 0) is 31.2 Å². The van der Waals surface area contributed by atoms with Gasteiger partial charge in [-0.1, -0.05) is 5.16 Å². The molecule has 33 heavy (non-hydrogen) atoms. The van der Waals surface area contributed by atoms with Gasteiger partial charge in [0.05, 0.1) is 31.1 Å². The van der Waals surface area contributed by atoms with Gasteiger partial charge >= 0.3 is 18.0 Å². The Bertz CT molecular complexity index is 1210. The number of cyclic esters (lactones) is 1. The fraction of sp³-hybridized carbons (Fsp3) is 0.286. The van der Waals surface area contributed by atoms with Gasteiger partial charge in [-0.2, -0.15) is 4.98 Å². The molecule has 1 aliphatic heterocycles. The molecular formula is C21H20FN5O6. The number of halogens is 1. The quantitative estimate of drug-likeness (QED) is 0.535. The lowest BCUT2D eigenvalue weighted by molar-refractivity contribution is -0.119. The summed E-state index contributed by atoms with van der Waals surface area (Å²) in [6.07, 6.45) is 2.04. The lowest BCUT2D eigenvalue weighted by atomic mass is 10.2. The fourth-order valence-corrected chi connectivity index (χ4v) is 3.26. The van der Waals surface area contributed by atoms with Crippen molar-refractivity contribution >= 4 is 23.7 Å². The maximum absolute atomic E-state index is 14.9. The van der Waals surface area contributed by atoms with Crippen molar-refractivity contribution in [2.24, 2.45) is 0 Å². The van der Waals surface area contributed by atoms with Crippen LogP contribution in [0.5, 0.6) is 0 Å². The van der Waals surface area contributed by atoms with Gasteiger partial charge < -0.3 is 23.9 Å². The van der Waals surface area contributed by atoms with Crippen molar-refractivity contribution in [2.75, 3.05) is 24.6 Å². The van der Waals surface area contributed by atoms with Crippen LogP contribution in [0.25, 0.3) is 17.1 Å². The maximum Gasteiger partial charge on any atom is 0.414 e. The topological polar surface area (TPSA) is 129 Å². The summed E-state index contributed by atoms with van der Waals surface area (Å²) in [6, 6.07) is 5.97. The number of anilines is 1. The summed E-state index contributed by atoms with van der Waals surface area (Å²) in [5.41, 5.74) is 1.05. The summed E-state index contributed by atoms with van der Waals surface area (Å²) in [7, 11) is 0. The van der Waals surface area contributed by atoms with Gasteiger partial charge in [0, 0.05) is 24.9 Å². The number of aromatic nitrogens is 3. The Morgan fingerprint density at radius 3 is 2.88 bits per heavy atom. The zero-order valence-corrected chi connectivity index (χ0v) is 17.8. The third-order valence-electron chi connectivity index (χ3n) is 4.80. The minimum absolute atomic E-state index is 0.152. The number of benzene rings is 1. The molecule has 3 heterocycles. The number of hydrogen-bond acceptors (Lipinski definition) is 8. The SMILES string of the molecule is CCOC(=O)c1nc(-c2ccn(-c3ccc(N4C[C@H](CNC(C)=O)OC4=O)cc3F)c2)no1. The highest BCUT2D eigenvalue weighted by Gasteiger charge is 2.32. The molecule has 172 valence electrons. The predicted molar refractivity (Wildman–Crippen MR) is 111 cm³/mol. The van der Waals surface area contributed by atoms with Gasteiger partial charge in [-0.15, -0.1) is 0 Å². The number of nitrogens with one attached hydrogen (secondary N) is 1. The van der Waals surface area contributed by atoms with E-state index in [0.29, 0.717) is 11.3 Å². The molecule has 0 spiro atoms. The Morgan fingerprint density at radius 1 is 1.33 bits per heavy atom. The smallest absolute Gasteiger partial charge is 0.414 e. The lowest BCUT2D eigenvalue weighted by Crippen LogP contribution is -2.33. The molecule has 3 aromatic rings. The van der Waals surface area contributed by atoms with E-state index in [4.69, 9.17) is 14.0 Å². The number of carbonyl (C=O) groups is 3. The minimum Gasteiger partial charge on any atom is -0.459 e. The number of rotatable bonds is 7. The summed E-state index contributed by atoms with van der Waals surface area (Å²) >= 11 is 0. The highest BCUT2D eigenvalue weighted by Crippen LogP contribution is 2.27. The largest absolute Gasteiger partial charge is 0.459 e. The molecule has 1 aliphatic rings. The number of amides is 2. The van der Waals surface area contributed by atoms with E-state index in [-0.39, 0.29) is 43.0 Å². The van der Waals surface area contributed by atoms with Gasteiger partial charge in [0.2, 0.25) is 11.7 Å². The van der Waals surface area contributed by atoms with Gasteiger partial charge in [0.25, 0.3) is 0 Å². The zero-order valence-electron chi connectivity index (χ0n) is 17.8. The first-order valence-electron chi connectivity index (χ1n) is 10.1. The molecule has 0 aliphatic carbocycles. The molecule has 1 saturated heterocycles. The summed E-state index contributed by atoms with van der Waals surface area (Å²) < 4.78 is 31.3. The Morgan fingerprint density at radius 2 is 2.15 bits per heavy atom. The first kappa shape index (κ1) is 22.0. The first-order valence-corrected chi connectivity index (χ1v) is 10.1. The molecule has 1 N–H and O–H groups in total. The number of hydrogen-bond donors (Lipinski definition) is 1. The van der Waals surface area contributed by atoms with Crippen LogP contribution in [0.15, 0.2) is 41.2 Å². The van der Waals surface area contributed by atoms with E-state index in [1.807, 2.05) is 0 Å². The van der Waals surface area contributed by atoms with Gasteiger partial charge in [-0.25, -0.2) is 14.0 Å². The second-order valence-electron chi connectivity index (χ2n) is 7.14. The Labute approximate surface area is 187 Å². The lowest BCUT2D eigenvalue weighted by Gasteiger charge is -2.14. The number of nitrogens with zero attached hydrogens (tertiary/aromatic N) is 4. The molecule has 0 unspecified atom stereocenters. The van der Waals surface area contributed by atoms with Crippen LogP contribution < -0.4 is 10.2 Å². The van der Waals surface area contributed by atoms with E-state index >= 15 is 0 Å². The standard InChI is InChI=1S/C21H20FN5O6/c1-3-31-20(29)19-24-18(25-33-19)13-6-7-26(10-13)17-5-4-14(8-16(17)22)27-11-15(32-21(27)30)9-23-12(2)28/h4-8,10,15H,3,9,11H2,1-2H3,(H,23,28)/t15-/m0/s1. The molecule has 1 aromatic carbocycles. The van der Waals surface area contributed by atoms with Crippen molar-refractivity contribution in [1.82, 2.24) is 20.0 Å². The van der Waals surface area contributed by atoms with E-state index in [1.165, 1.54) is 28.5 Å². The number of ether oxygens (including phenoxy) is 2. The summed E-state index contributed by atoms with van der Waals surface area (Å²) in [5.74, 6) is -1.66. The Balaban J connectivity index is 1.49. The molecule has 0 saturated carbocycles. The van der Waals surface area contributed by atoms with E-state index < -0.39 is 24.0 Å². The van der Waals surface area contributed by atoms with Crippen LogP contribution in [0.2, 0.25) is 0 Å². The van der Waals surface area contributed by atoms with Gasteiger partial charge in [0.15, 0.2) is 0 Å². The van der Waals surface area contributed by atoms with Crippen LogP contribution >= 0.6 is 0 Å². The van der Waals surface area contributed by atoms with Gasteiger partial charge in [0.1, 0.15) is 11.9 Å². The monoisotopic (exact) mass is 457 g/mol. The second kappa shape index (κ2) is 9.10. The van der Waals surface area contributed by atoms with E-state index in [2.05, 4.69) is 15.5 Å². The van der Waals surface area contributed by atoms with Crippen molar-refractivity contribution in [3.63, 3.8) is 0 Å². The number of esters is 1. The summed E-state index contributed by atoms with van der Waals surface area (Å²) in [4.78, 5) is 40.2. The highest BCUT2D eigenvalue weighted by molar-refractivity contribution is 5.90. The van der Waals surface area contributed by atoms with Crippen LogP contribution in [0, 0.1) is 5.82 Å². The van der Waals surface area contributed by atoms with Crippen molar-refractivity contribution in [3.05, 3.63) is 48.4 Å². The number of carbonyl (C=O) groups excluding carboxylic acids is 3. The van der Waals surface area contributed by atoms with E-state index in [9.17, 15) is 18.8 Å². The maximum atomic E-state index is 14.9. The van der Waals surface area contributed by atoms with Gasteiger partial charge in [-0.3, -0.25) is 9.69 Å². The molecule has 4 rings (SSSR count). The third kappa shape index (κ3) is 4.68. The summed E-state index contributed by atoms with van der Waals surface area (Å²) in [5, 5.41) is 6.34. The van der Waals surface area contributed by atoms with Crippen LogP contribution in [-0.2, 0) is 14.3 Å². The van der Waals surface area contributed by atoms with Crippen LogP contribution in [0.3, 0.4) is 0 Å². The van der Waals surface area contributed by atoms with Crippen molar-refractivity contribution in [3.8, 4) is 17.1 Å². The van der Waals surface area contributed by atoms with E-state index in [1.54, 1.807) is 31.5 Å². The van der Waals surface area contributed by atoms with Crippen LogP contribution in [-0.4, -0.2) is 58.5 Å². The van der Waals surface area contributed by atoms with Crippen LogP contribution in [0.4, 0.5) is 14.9 Å². The molecule has 1 fully saturated rings. The molecule has 11 nitrogen and oxygen atoms in total.